The Balaban J connectivity index is 1.58. The number of carbonyl (C=O) groups is 3. The van der Waals surface area contributed by atoms with Crippen molar-refractivity contribution in [1.29, 1.82) is 0 Å². The molecule has 1 fully saturated rings. The van der Waals surface area contributed by atoms with Gasteiger partial charge in [-0.05, 0) is 47.5 Å². The van der Waals surface area contributed by atoms with E-state index >= 15 is 0 Å². The van der Waals surface area contributed by atoms with Crippen LogP contribution in [0.3, 0.4) is 0 Å². The molecule has 4 rings (SSSR count). The van der Waals surface area contributed by atoms with E-state index in [0.29, 0.717) is 22.7 Å². The molecule has 0 aliphatic carbocycles. The van der Waals surface area contributed by atoms with Crippen LogP contribution in [0.1, 0.15) is 5.56 Å². The number of imide groups is 1. The fourth-order valence-electron chi connectivity index (χ4n) is 3.25. The Hall–Kier alpha value is -4.59. The first-order valence-corrected chi connectivity index (χ1v) is 9.69. The maximum Gasteiger partial charge on any atom is 0.417 e. The normalized spacial score (nSPS) is 14.0. The molecule has 160 valence electrons. The van der Waals surface area contributed by atoms with Crippen LogP contribution in [0.5, 0.6) is 11.5 Å². The molecule has 0 aromatic heterocycles. The molecule has 1 saturated heterocycles. The summed E-state index contributed by atoms with van der Waals surface area (Å²) in [6, 6.07) is 20.7. The zero-order valence-corrected chi connectivity index (χ0v) is 17.0. The fourth-order valence-corrected chi connectivity index (χ4v) is 3.25. The number of methoxy groups -OCH3 is 1. The van der Waals surface area contributed by atoms with Gasteiger partial charge in [-0.15, -0.1) is 0 Å². The van der Waals surface area contributed by atoms with Gasteiger partial charge in [-0.25, -0.2) is 9.59 Å². The fraction of sp³-hybridized carbons (Fsp3) is 0.0417. The lowest BCUT2D eigenvalue weighted by Crippen LogP contribution is -2.22. The van der Waals surface area contributed by atoms with Gasteiger partial charge < -0.3 is 14.8 Å². The van der Waals surface area contributed by atoms with Crippen LogP contribution in [0.2, 0.25) is 0 Å². The lowest BCUT2D eigenvalue weighted by molar-refractivity contribution is -0.115. The molecule has 0 atom stereocenters. The average Bonchev–Trinajstić information content (AvgIpc) is 3.11. The quantitative estimate of drug-likeness (QED) is 0.417. The number of hydrogen-bond donors (Lipinski definition) is 3. The molecular formula is C24H19N3O5. The van der Waals surface area contributed by atoms with Gasteiger partial charge in [0.05, 0.1) is 7.11 Å². The van der Waals surface area contributed by atoms with Crippen molar-refractivity contribution in [1.82, 2.24) is 10.6 Å². The van der Waals surface area contributed by atoms with Crippen molar-refractivity contribution in [2.24, 2.45) is 0 Å². The highest BCUT2D eigenvalue weighted by Crippen LogP contribution is 2.35. The molecule has 0 spiro atoms. The molecule has 1 aliphatic heterocycles. The molecule has 3 N–H and O–H groups in total. The Morgan fingerprint density at radius 3 is 2.31 bits per heavy atom. The van der Waals surface area contributed by atoms with E-state index in [1.807, 2.05) is 18.2 Å². The third kappa shape index (κ3) is 4.59. The topological polar surface area (TPSA) is 106 Å². The van der Waals surface area contributed by atoms with E-state index in [9.17, 15) is 14.4 Å². The van der Waals surface area contributed by atoms with Crippen molar-refractivity contribution in [2.45, 2.75) is 0 Å². The zero-order valence-electron chi connectivity index (χ0n) is 17.0. The number of para-hydroxylation sites is 1. The van der Waals surface area contributed by atoms with Crippen LogP contribution in [0, 0.1) is 0 Å². The lowest BCUT2D eigenvalue weighted by atomic mass is 9.97. The Bertz CT molecular complexity index is 1200. The second kappa shape index (κ2) is 9.05. The number of anilines is 1. The van der Waals surface area contributed by atoms with Crippen molar-refractivity contribution in [2.75, 3.05) is 12.4 Å². The molecule has 0 saturated carbocycles. The van der Waals surface area contributed by atoms with Gasteiger partial charge >= 0.3 is 12.1 Å². The molecule has 8 nitrogen and oxygen atoms in total. The maximum absolute atomic E-state index is 12.1. The van der Waals surface area contributed by atoms with Crippen molar-refractivity contribution >= 4 is 29.8 Å². The Morgan fingerprint density at radius 2 is 1.66 bits per heavy atom. The lowest BCUT2D eigenvalue weighted by Gasteiger charge is -2.13. The molecule has 1 heterocycles. The van der Waals surface area contributed by atoms with Crippen LogP contribution in [0.4, 0.5) is 15.3 Å². The van der Waals surface area contributed by atoms with E-state index in [1.165, 1.54) is 0 Å². The van der Waals surface area contributed by atoms with Gasteiger partial charge in [-0.2, -0.15) is 0 Å². The third-order valence-electron chi connectivity index (χ3n) is 4.67. The van der Waals surface area contributed by atoms with Gasteiger partial charge in [0.15, 0.2) is 0 Å². The summed E-state index contributed by atoms with van der Waals surface area (Å²) in [6.07, 6.45) is 0.977. The summed E-state index contributed by atoms with van der Waals surface area (Å²) in [6.45, 7) is 0. The molecule has 4 amide bonds. The Morgan fingerprint density at radius 1 is 0.906 bits per heavy atom. The number of rotatable bonds is 5. The number of amides is 4. The second-order valence-electron chi connectivity index (χ2n) is 6.80. The van der Waals surface area contributed by atoms with Crippen LogP contribution in [-0.2, 0) is 4.79 Å². The van der Waals surface area contributed by atoms with E-state index < -0.39 is 18.0 Å². The van der Waals surface area contributed by atoms with Gasteiger partial charge in [0.25, 0.3) is 5.91 Å². The summed E-state index contributed by atoms with van der Waals surface area (Å²) in [4.78, 5) is 35.4. The molecule has 32 heavy (non-hydrogen) atoms. The highest BCUT2D eigenvalue weighted by molar-refractivity contribution is 6.14. The number of urea groups is 1. The van der Waals surface area contributed by atoms with Gasteiger partial charge in [-0.3, -0.25) is 15.4 Å². The van der Waals surface area contributed by atoms with Gasteiger partial charge in [0.1, 0.15) is 17.2 Å². The summed E-state index contributed by atoms with van der Waals surface area (Å²) >= 11 is 0. The molecule has 1 aliphatic rings. The molecule has 3 aromatic rings. The number of nitrogens with one attached hydrogen (secondary N) is 3. The standard InChI is InChI=1S/C24H19N3O5/c1-31-20-9-5-6-16(14-19-22(28)27-23(29)26-19)21(20)15-10-12-18(13-11-15)32-24(30)25-17-7-3-2-4-8-17/h2-14H,1H3,(H,25,30)(H2,26,27,28,29)/b19-14-. The highest BCUT2D eigenvalue weighted by Gasteiger charge is 2.23. The van der Waals surface area contributed by atoms with Crippen LogP contribution >= 0.6 is 0 Å². The zero-order chi connectivity index (χ0) is 22.5. The molecule has 0 radical (unpaired) electrons. The second-order valence-corrected chi connectivity index (χ2v) is 6.80. The van der Waals surface area contributed by atoms with Crippen LogP contribution in [-0.4, -0.2) is 25.1 Å². The van der Waals surface area contributed by atoms with Crippen molar-refractivity contribution in [3.8, 4) is 22.6 Å². The van der Waals surface area contributed by atoms with Crippen molar-refractivity contribution < 1.29 is 23.9 Å². The minimum Gasteiger partial charge on any atom is -0.496 e. The Labute approximate surface area is 183 Å². The van der Waals surface area contributed by atoms with Gasteiger partial charge in [0, 0.05) is 11.3 Å². The predicted octanol–water partition coefficient (Wildman–Crippen LogP) is 4.15. The molecule has 0 unspecified atom stereocenters. The van der Waals surface area contributed by atoms with E-state index in [0.717, 1.165) is 11.1 Å². The SMILES string of the molecule is COc1cccc(/C=C2\NC(=O)NC2=O)c1-c1ccc(OC(=O)Nc2ccccc2)cc1. The minimum absolute atomic E-state index is 0.141. The highest BCUT2D eigenvalue weighted by atomic mass is 16.6. The average molecular weight is 429 g/mol. The monoisotopic (exact) mass is 429 g/mol. The van der Waals surface area contributed by atoms with E-state index in [4.69, 9.17) is 9.47 Å². The summed E-state index contributed by atoms with van der Waals surface area (Å²) < 4.78 is 10.8. The first kappa shape index (κ1) is 20.7. The summed E-state index contributed by atoms with van der Waals surface area (Å²) in [5, 5.41) is 7.30. The summed E-state index contributed by atoms with van der Waals surface area (Å²) in [5.74, 6) is 0.441. The summed E-state index contributed by atoms with van der Waals surface area (Å²) in [5.41, 5.74) is 2.93. The van der Waals surface area contributed by atoms with Crippen LogP contribution in [0.15, 0.2) is 78.5 Å². The molecule has 0 bridgehead atoms. The van der Waals surface area contributed by atoms with Crippen molar-refractivity contribution in [3.63, 3.8) is 0 Å². The largest absolute Gasteiger partial charge is 0.496 e. The Kier molecular flexibility index (Phi) is 5.85. The maximum atomic E-state index is 12.1. The predicted molar refractivity (Wildman–Crippen MR) is 119 cm³/mol. The number of ether oxygens (including phenoxy) is 2. The number of benzene rings is 3. The number of hydrogen-bond acceptors (Lipinski definition) is 5. The van der Waals surface area contributed by atoms with Crippen LogP contribution < -0.4 is 25.4 Å². The minimum atomic E-state index is -0.602. The van der Waals surface area contributed by atoms with Gasteiger partial charge in [-0.1, -0.05) is 42.5 Å². The van der Waals surface area contributed by atoms with Crippen molar-refractivity contribution in [3.05, 3.63) is 84.1 Å². The number of carbonyl (C=O) groups excluding carboxylic acids is 3. The van der Waals surface area contributed by atoms with Gasteiger partial charge in [0.2, 0.25) is 0 Å². The third-order valence-corrected chi connectivity index (χ3v) is 4.67. The first-order chi connectivity index (χ1) is 15.5. The first-order valence-electron chi connectivity index (χ1n) is 9.69. The van der Waals surface area contributed by atoms with E-state index in [1.54, 1.807) is 67.8 Å². The smallest absolute Gasteiger partial charge is 0.417 e. The molecule has 8 heteroatoms. The van der Waals surface area contributed by atoms with Crippen LogP contribution in [0.25, 0.3) is 17.2 Å². The van der Waals surface area contributed by atoms with E-state index in [-0.39, 0.29) is 5.70 Å². The molecular weight excluding hydrogens is 410 g/mol. The summed E-state index contributed by atoms with van der Waals surface area (Å²) in [7, 11) is 1.55. The van der Waals surface area contributed by atoms with E-state index in [2.05, 4.69) is 16.0 Å². The molecule has 3 aromatic carbocycles.